The van der Waals surface area contributed by atoms with Gasteiger partial charge < -0.3 is 0 Å². The Hall–Kier alpha value is -2.13. The van der Waals surface area contributed by atoms with E-state index in [0.29, 0.717) is 21.8 Å². The monoisotopic (exact) mass is 378 g/mol. The van der Waals surface area contributed by atoms with E-state index in [-0.39, 0.29) is 5.82 Å². The average Bonchev–Trinajstić information content (AvgIpc) is 3.19. The minimum Gasteiger partial charge on any atom is -0.266 e. The Morgan fingerprint density at radius 1 is 1.27 bits per heavy atom. The molecule has 1 aromatic carbocycles. The van der Waals surface area contributed by atoms with E-state index >= 15 is 0 Å². The molecule has 22 heavy (non-hydrogen) atoms. The predicted molar refractivity (Wildman–Crippen MR) is 83.1 cm³/mol. The first-order chi connectivity index (χ1) is 10.7. The number of benzene rings is 1. The second kappa shape index (κ2) is 5.25. The Morgan fingerprint density at radius 2 is 2.18 bits per heavy atom. The van der Waals surface area contributed by atoms with Crippen molar-refractivity contribution in [2.24, 2.45) is 0 Å². The molecular formula is C13H8BrFN6S. The van der Waals surface area contributed by atoms with Gasteiger partial charge >= 0.3 is 0 Å². The van der Waals surface area contributed by atoms with Gasteiger partial charge in [0.25, 0.3) is 0 Å². The Bertz CT molecular complexity index is 945. The summed E-state index contributed by atoms with van der Waals surface area (Å²) in [6.07, 6.45) is 3.60. The molecule has 0 spiro atoms. The minimum absolute atomic E-state index is 0.317. The van der Waals surface area contributed by atoms with Crippen LogP contribution in [0.5, 0.6) is 0 Å². The van der Waals surface area contributed by atoms with Crippen LogP contribution in [0.2, 0.25) is 0 Å². The molecule has 110 valence electrons. The third kappa shape index (κ3) is 2.32. The van der Waals surface area contributed by atoms with Crippen molar-refractivity contribution in [2.75, 3.05) is 0 Å². The second-order valence-corrected chi connectivity index (χ2v) is 6.44. The average molecular weight is 379 g/mol. The number of fused-ring (bicyclic) bond motifs is 1. The minimum atomic E-state index is -0.317. The van der Waals surface area contributed by atoms with Gasteiger partial charge in [-0.15, -0.1) is 10.2 Å². The van der Waals surface area contributed by atoms with Gasteiger partial charge in [-0.25, -0.2) is 4.39 Å². The van der Waals surface area contributed by atoms with Crippen LogP contribution in [0.4, 0.5) is 4.39 Å². The van der Waals surface area contributed by atoms with Gasteiger partial charge in [0.05, 0.1) is 11.0 Å². The Morgan fingerprint density at radius 3 is 2.95 bits per heavy atom. The van der Waals surface area contributed by atoms with Crippen LogP contribution in [0.15, 0.2) is 41.1 Å². The summed E-state index contributed by atoms with van der Waals surface area (Å²) in [5.41, 5.74) is 0.747. The van der Waals surface area contributed by atoms with Gasteiger partial charge in [-0.3, -0.25) is 4.68 Å². The lowest BCUT2D eigenvalue weighted by Crippen LogP contribution is -2.00. The third-order valence-corrected chi connectivity index (χ3v) is 4.56. The number of nitrogens with zero attached hydrogens (tertiary/aromatic N) is 6. The number of hydrogen-bond donors (Lipinski definition) is 0. The fourth-order valence-corrected chi connectivity index (χ4v) is 3.27. The van der Waals surface area contributed by atoms with Crippen molar-refractivity contribution in [1.82, 2.24) is 29.6 Å². The normalized spacial score (nSPS) is 11.4. The van der Waals surface area contributed by atoms with Crippen LogP contribution in [0, 0.1) is 5.82 Å². The Kier molecular flexibility index (Phi) is 3.23. The van der Waals surface area contributed by atoms with E-state index in [0.717, 1.165) is 10.6 Å². The molecule has 0 aliphatic rings. The molecule has 0 atom stereocenters. The maximum absolute atomic E-state index is 13.4. The summed E-state index contributed by atoms with van der Waals surface area (Å²) < 4.78 is 17.2. The quantitative estimate of drug-likeness (QED) is 0.549. The van der Waals surface area contributed by atoms with Crippen LogP contribution in [0.3, 0.4) is 0 Å². The molecule has 0 saturated heterocycles. The molecule has 0 unspecified atom stereocenters. The molecule has 0 amide bonds. The first kappa shape index (κ1) is 13.5. The van der Waals surface area contributed by atoms with Gasteiger partial charge in [0, 0.05) is 18.0 Å². The molecule has 3 aromatic heterocycles. The number of hydrogen-bond acceptors (Lipinski definition) is 5. The molecule has 0 fully saturated rings. The van der Waals surface area contributed by atoms with E-state index in [1.54, 1.807) is 27.5 Å². The van der Waals surface area contributed by atoms with Crippen LogP contribution in [0.1, 0.15) is 5.01 Å². The lowest BCUT2D eigenvalue weighted by Gasteiger charge is -1.99. The highest BCUT2D eigenvalue weighted by Crippen LogP contribution is 2.26. The number of aromatic nitrogens is 6. The largest absolute Gasteiger partial charge is 0.266 e. The first-order valence-corrected chi connectivity index (χ1v) is 7.95. The van der Waals surface area contributed by atoms with Crippen molar-refractivity contribution in [1.29, 1.82) is 0 Å². The highest BCUT2D eigenvalue weighted by Gasteiger charge is 2.14. The molecule has 4 rings (SSSR count). The van der Waals surface area contributed by atoms with Gasteiger partial charge in [-0.05, 0) is 40.2 Å². The fourth-order valence-electron chi connectivity index (χ4n) is 2.07. The van der Waals surface area contributed by atoms with E-state index in [1.165, 1.54) is 17.4 Å². The standard InChI is InChI=1S/C13H8BrFN6S/c14-9-6-8(2-3-10(9)15)12-17-18-13-21(12)19-11(22-13)7-20-5-1-4-16-20/h1-6H,7H2. The summed E-state index contributed by atoms with van der Waals surface area (Å²) in [6, 6.07) is 6.57. The molecular weight excluding hydrogens is 371 g/mol. The van der Waals surface area contributed by atoms with Crippen molar-refractivity contribution in [3.05, 3.63) is 52.0 Å². The van der Waals surface area contributed by atoms with Crippen LogP contribution < -0.4 is 0 Å². The van der Waals surface area contributed by atoms with Crippen molar-refractivity contribution < 1.29 is 4.39 Å². The molecule has 6 nitrogen and oxygen atoms in total. The van der Waals surface area contributed by atoms with Crippen molar-refractivity contribution in [3.8, 4) is 11.4 Å². The summed E-state index contributed by atoms with van der Waals surface area (Å²) in [5.74, 6) is 0.265. The maximum atomic E-state index is 13.4. The van der Waals surface area contributed by atoms with E-state index in [9.17, 15) is 4.39 Å². The second-order valence-electron chi connectivity index (χ2n) is 4.55. The molecule has 3 heterocycles. The molecule has 0 radical (unpaired) electrons. The number of rotatable bonds is 3. The van der Waals surface area contributed by atoms with Gasteiger partial charge in [0.2, 0.25) is 4.96 Å². The Balaban J connectivity index is 1.75. The van der Waals surface area contributed by atoms with Crippen LogP contribution >= 0.6 is 27.3 Å². The molecule has 0 aliphatic carbocycles. The summed E-state index contributed by atoms with van der Waals surface area (Å²) in [5, 5.41) is 17.8. The van der Waals surface area contributed by atoms with Crippen molar-refractivity contribution in [2.45, 2.75) is 6.54 Å². The highest BCUT2D eigenvalue weighted by molar-refractivity contribution is 9.10. The fraction of sp³-hybridized carbons (Fsp3) is 0.0769. The van der Waals surface area contributed by atoms with E-state index in [4.69, 9.17) is 0 Å². The molecule has 0 aliphatic heterocycles. The zero-order valence-corrected chi connectivity index (χ0v) is 13.4. The highest BCUT2D eigenvalue weighted by atomic mass is 79.9. The third-order valence-electron chi connectivity index (χ3n) is 3.07. The lowest BCUT2D eigenvalue weighted by atomic mass is 10.2. The van der Waals surface area contributed by atoms with Gasteiger partial charge in [-0.1, -0.05) is 11.3 Å². The predicted octanol–water partition coefficient (Wildman–Crippen LogP) is 3.00. The molecule has 0 saturated carbocycles. The van der Waals surface area contributed by atoms with Gasteiger partial charge in [0.1, 0.15) is 10.8 Å². The van der Waals surface area contributed by atoms with Gasteiger partial charge in [-0.2, -0.15) is 14.7 Å². The lowest BCUT2D eigenvalue weighted by molar-refractivity contribution is 0.621. The molecule has 4 aromatic rings. The maximum Gasteiger partial charge on any atom is 0.235 e. The zero-order chi connectivity index (χ0) is 15.1. The Labute approximate surface area is 136 Å². The first-order valence-electron chi connectivity index (χ1n) is 6.35. The van der Waals surface area contributed by atoms with Crippen LogP contribution in [-0.2, 0) is 6.54 Å². The summed E-state index contributed by atoms with van der Waals surface area (Å²) in [7, 11) is 0. The summed E-state index contributed by atoms with van der Waals surface area (Å²) >= 11 is 4.63. The zero-order valence-electron chi connectivity index (χ0n) is 11.0. The summed E-state index contributed by atoms with van der Waals surface area (Å²) in [4.78, 5) is 0.692. The van der Waals surface area contributed by atoms with Crippen LogP contribution in [0.25, 0.3) is 16.3 Å². The number of halogens is 2. The smallest absolute Gasteiger partial charge is 0.235 e. The molecule has 0 bridgehead atoms. The van der Waals surface area contributed by atoms with E-state index in [1.807, 2.05) is 12.3 Å². The van der Waals surface area contributed by atoms with Crippen LogP contribution in [-0.4, -0.2) is 29.6 Å². The molecule has 9 heteroatoms. The van der Waals surface area contributed by atoms with Crippen molar-refractivity contribution in [3.63, 3.8) is 0 Å². The van der Waals surface area contributed by atoms with E-state index in [2.05, 4.69) is 36.3 Å². The van der Waals surface area contributed by atoms with Gasteiger partial charge in [0.15, 0.2) is 5.82 Å². The summed E-state index contributed by atoms with van der Waals surface area (Å²) in [6.45, 7) is 0.577. The topological polar surface area (TPSA) is 60.9 Å². The molecule has 0 N–H and O–H groups in total. The SMILES string of the molecule is Fc1ccc(-c2nnc3sc(Cn4cccn4)nn23)cc1Br. The van der Waals surface area contributed by atoms with Crippen molar-refractivity contribution >= 4 is 32.2 Å². The van der Waals surface area contributed by atoms with E-state index < -0.39 is 0 Å².